The van der Waals surface area contributed by atoms with Gasteiger partial charge in [-0.3, -0.25) is 19.7 Å². The molecule has 27 heavy (non-hydrogen) atoms. The van der Waals surface area contributed by atoms with Gasteiger partial charge in [-0.2, -0.15) is 5.26 Å². The lowest BCUT2D eigenvalue weighted by Crippen LogP contribution is -2.14. The molecule has 8 nitrogen and oxygen atoms in total. The SMILES string of the molecule is CC(=O)Oc1ccc(/C=C(\C#N)C(=O)Nc2ccc([N+](=O)[O-])cc2C)cc1. The predicted octanol–water partition coefficient (Wildman–Crippen LogP) is 3.37. The summed E-state index contributed by atoms with van der Waals surface area (Å²) in [7, 11) is 0. The highest BCUT2D eigenvalue weighted by molar-refractivity contribution is 6.10. The van der Waals surface area contributed by atoms with E-state index in [-0.39, 0.29) is 11.3 Å². The number of hydrogen-bond acceptors (Lipinski definition) is 6. The van der Waals surface area contributed by atoms with E-state index in [1.807, 2.05) is 6.07 Å². The van der Waals surface area contributed by atoms with Crippen LogP contribution in [0.15, 0.2) is 48.0 Å². The summed E-state index contributed by atoms with van der Waals surface area (Å²) in [6, 6.07) is 12.1. The number of carbonyl (C=O) groups is 2. The highest BCUT2D eigenvalue weighted by atomic mass is 16.6. The molecule has 1 N–H and O–H groups in total. The summed E-state index contributed by atoms with van der Waals surface area (Å²) in [5, 5.41) is 22.6. The maximum absolute atomic E-state index is 12.3. The molecule has 0 fully saturated rings. The van der Waals surface area contributed by atoms with Crippen LogP contribution < -0.4 is 10.1 Å². The number of ether oxygens (including phenoxy) is 1. The van der Waals surface area contributed by atoms with E-state index < -0.39 is 16.8 Å². The van der Waals surface area contributed by atoms with E-state index in [9.17, 15) is 25.0 Å². The van der Waals surface area contributed by atoms with Gasteiger partial charge in [0.15, 0.2) is 0 Å². The molecule has 0 radical (unpaired) electrons. The van der Waals surface area contributed by atoms with Crippen LogP contribution >= 0.6 is 0 Å². The number of nitro benzene ring substituents is 1. The molecule has 0 unspecified atom stereocenters. The van der Waals surface area contributed by atoms with Gasteiger partial charge in [0.05, 0.1) is 4.92 Å². The first-order chi connectivity index (χ1) is 12.8. The number of anilines is 1. The van der Waals surface area contributed by atoms with E-state index in [1.165, 1.54) is 31.2 Å². The normalized spacial score (nSPS) is 10.6. The van der Waals surface area contributed by atoms with Crippen molar-refractivity contribution in [3.8, 4) is 11.8 Å². The molecule has 0 aliphatic rings. The molecular weight excluding hydrogens is 350 g/mol. The minimum Gasteiger partial charge on any atom is -0.427 e. The van der Waals surface area contributed by atoms with Crippen LogP contribution in [-0.2, 0) is 9.59 Å². The molecule has 0 aliphatic heterocycles. The van der Waals surface area contributed by atoms with E-state index >= 15 is 0 Å². The zero-order chi connectivity index (χ0) is 20.0. The van der Waals surface area contributed by atoms with Crippen LogP contribution in [0, 0.1) is 28.4 Å². The fourth-order valence-corrected chi connectivity index (χ4v) is 2.20. The molecule has 2 aromatic carbocycles. The topological polar surface area (TPSA) is 122 Å². The van der Waals surface area contributed by atoms with E-state index in [0.29, 0.717) is 22.6 Å². The number of benzene rings is 2. The molecule has 0 heterocycles. The number of amides is 1. The van der Waals surface area contributed by atoms with Gasteiger partial charge < -0.3 is 10.1 Å². The van der Waals surface area contributed by atoms with E-state index in [4.69, 9.17) is 4.74 Å². The second kappa shape index (κ2) is 8.40. The third-order valence-electron chi connectivity index (χ3n) is 3.49. The highest BCUT2D eigenvalue weighted by Gasteiger charge is 2.13. The summed E-state index contributed by atoms with van der Waals surface area (Å²) >= 11 is 0. The monoisotopic (exact) mass is 365 g/mol. The van der Waals surface area contributed by atoms with Gasteiger partial charge in [-0.25, -0.2) is 0 Å². The van der Waals surface area contributed by atoms with Crippen molar-refractivity contribution in [1.29, 1.82) is 5.26 Å². The Morgan fingerprint density at radius 2 is 1.89 bits per heavy atom. The molecule has 0 aliphatic carbocycles. The van der Waals surface area contributed by atoms with Crippen molar-refractivity contribution in [3.63, 3.8) is 0 Å². The number of esters is 1. The molecule has 0 aromatic heterocycles. The van der Waals surface area contributed by atoms with E-state index in [2.05, 4.69) is 5.32 Å². The number of nitrogens with zero attached hydrogens (tertiary/aromatic N) is 2. The van der Waals surface area contributed by atoms with Crippen molar-refractivity contribution in [2.75, 3.05) is 5.32 Å². The molecule has 136 valence electrons. The maximum Gasteiger partial charge on any atom is 0.308 e. The van der Waals surface area contributed by atoms with E-state index in [0.717, 1.165) is 0 Å². The number of carbonyl (C=O) groups excluding carboxylic acids is 2. The van der Waals surface area contributed by atoms with Gasteiger partial charge in [0.25, 0.3) is 11.6 Å². The Balaban J connectivity index is 2.18. The highest BCUT2D eigenvalue weighted by Crippen LogP contribution is 2.22. The number of nitrogens with one attached hydrogen (secondary N) is 1. The van der Waals surface area contributed by atoms with Crippen LogP contribution in [0.3, 0.4) is 0 Å². The minimum absolute atomic E-state index is 0.0885. The molecule has 0 atom stereocenters. The Morgan fingerprint density at radius 1 is 1.22 bits per heavy atom. The second-order valence-corrected chi connectivity index (χ2v) is 5.54. The smallest absolute Gasteiger partial charge is 0.308 e. The van der Waals surface area contributed by atoms with Gasteiger partial charge in [-0.15, -0.1) is 0 Å². The molecule has 0 bridgehead atoms. The van der Waals surface area contributed by atoms with Crippen molar-refractivity contribution < 1.29 is 19.2 Å². The van der Waals surface area contributed by atoms with Gasteiger partial charge in [0, 0.05) is 24.7 Å². The van der Waals surface area contributed by atoms with Crippen LogP contribution in [-0.4, -0.2) is 16.8 Å². The summed E-state index contributed by atoms with van der Waals surface area (Å²) in [6.45, 7) is 2.90. The third-order valence-corrected chi connectivity index (χ3v) is 3.49. The summed E-state index contributed by atoms with van der Waals surface area (Å²) in [5.41, 5.74) is 1.21. The fraction of sp³-hybridized carbons (Fsp3) is 0.105. The number of rotatable bonds is 5. The lowest BCUT2D eigenvalue weighted by molar-refractivity contribution is -0.384. The van der Waals surface area contributed by atoms with Crippen LogP contribution in [0.25, 0.3) is 6.08 Å². The van der Waals surface area contributed by atoms with Crippen LogP contribution in [0.5, 0.6) is 5.75 Å². The van der Waals surface area contributed by atoms with Crippen molar-refractivity contribution in [1.82, 2.24) is 0 Å². The van der Waals surface area contributed by atoms with Gasteiger partial charge in [-0.1, -0.05) is 12.1 Å². The molecular formula is C19H15N3O5. The van der Waals surface area contributed by atoms with Crippen LogP contribution in [0.1, 0.15) is 18.1 Å². The molecule has 0 spiro atoms. The number of nitriles is 1. The lowest BCUT2D eigenvalue weighted by Gasteiger charge is -2.07. The molecule has 8 heteroatoms. The Hall–Kier alpha value is -3.99. The van der Waals surface area contributed by atoms with Crippen molar-refractivity contribution >= 4 is 29.3 Å². The summed E-state index contributed by atoms with van der Waals surface area (Å²) in [4.78, 5) is 33.5. The van der Waals surface area contributed by atoms with Gasteiger partial charge in [-0.05, 0) is 42.3 Å². The molecule has 2 aromatic rings. The maximum atomic E-state index is 12.3. The predicted molar refractivity (Wildman–Crippen MR) is 97.8 cm³/mol. The number of hydrogen-bond donors (Lipinski definition) is 1. The molecule has 2 rings (SSSR count). The van der Waals surface area contributed by atoms with E-state index in [1.54, 1.807) is 31.2 Å². The summed E-state index contributed by atoms with van der Waals surface area (Å²) in [6.07, 6.45) is 1.38. The van der Waals surface area contributed by atoms with Gasteiger partial charge in [0.2, 0.25) is 0 Å². The largest absolute Gasteiger partial charge is 0.427 e. The zero-order valence-corrected chi connectivity index (χ0v) is 14.6. The quantitative estimate of drug-likeness (QED) is 0.216. The fourth-order valence-electron chi connectivity index (χ4n) is 2.20. The Labute approximate surface area is 154 Å². The van der Waals surface area contributed by atoms with Crippen LogP contribution in [0.2, 0.25) is 0 Å². The Kier molecular flexibility index (Phi) is 6.02. The molecule has 0 saturated carbocycles. The number of aryl methyl sites for hydroxylation is 1. The van der Waals surface area contributed by atoms with Crippen LogP contribution in [0.4, 0.5) is 11.4 Å². The average Bonchev–Trinajstić information content (AvgIpc) is 2.62. The van der Waals surface area contributed by atoms with Crippen molar-refractivity contribution in [2.24, 2.45) is 0 Å². The number of nitro groups is 1. The minimum atomic E-state index is -0.640. The third kappa shape index (κ3) is 5.24. The lowest BCUT2D eigenvalue weighted by atomic mass is 10.1. The first-order valence-corrected chi connectivity index (χ1v) is 7.77. The number of non-ortho nitro benzene ring substituents is 1. The Bertz CT molecular complexity index is 972. The first kappa shape index (κ1) is 19.3. The zero-order valence-electron chi connectivity index (χ0n) is 14.6. The second-order valence-electron chi connectivity index (χ2n) is 5.54. The van der Waals surface area contributed by atoms with Gasteiger partial charge >= 0.3 is 5.97 Å². The standard InChI is InChI=1S/C19H15N3O5/c1-12-9-16(22(25)26)5-8-18(12)21-19(24)15(11-20)10-14-3-6-17(7-4-14)27-13(2)23/h3-10H,1-2H3,(H,21,24)/b15-10+. The summed E-state index contributed by atoms with van der Waals surface area (Å²) < 4.78 is 4.91. The van der Waals surface area contributed by atoms with Gasteiger partial charge in [0.1, 0.15) is 17.4 Å². The van der Waals surface area contributed by atoms with Crippen molar-refractivity contribution in [2.45, 2.75) is 13.8 Å². The summed E-state index contributed by atoms with van der Waals surface area (Å²) in [5.74, 6) is -0.739. The first-order valence-electron chi connectivity index (χ1n) is 7.77. The average molecular weight is 365 g/mol. The Morgan fingerprint density at radius 3 is 2.41 bits per heavy atom. The molecule has 0 saturated heterocycles. The van der Waals surface area contributed by atoms with Crippen molar-refractivity contribution in [3.05, 3.63) is 69.3 Å². The molecule has 1 amide bonds.